The molecule has 4 nitrogen and oxygen atoms in total. The molecule has 1 unspecified atom stereocenters. The monoisotopic (exact) mass is 330 g/mol. The number of benzene rings is 2. The first-order valence-corrected chi connectivity index (χ1v) is 8.04. The van der Waals surface area contributed by atoms with Crippen molar-refractivity contribution in [3.63, 3.8) is 0 Å². The van der Waals surface area contributed by atoms with Crippen LogP contribution < -0.4 is 0 Å². The molecule has 0 saturated carbocycles. The topological polar surface area (TPSA) is 62.5 Å². The molecule has 0 saturated heterocycles. The lowest BCUT2D eigenvalue weighted by molar-refractivity contribution is -0.138. The quantitative estimate of drug-likeness (QED) is 0.704. The number of rotatable bonds is 5. The summed E-state index contributed by atoms with van der Waals surface area (Å²) in [5, 5.41) is 9.19. The van der Waals surface area contributed by atoms with Gasteiger partial charge in [0.1, 0.15) is 0 Å². The Balaban J connectivity index is 2.08. The number of nitrogens with zero attached hydrogens (tertiary/aromatic N) is 2. The number of carboxylic acid groups (broad SMARTS) is 1. The van der Waals surface area contributed by atoms with Crippen LogP contribution in [0.15, 0.2) is 83.9 Å². The Labute approximate surface area is 146 Å². The summed E-state index contributed by atoms with van der Waals surface area (Å²) in [6.45, 7) is 1.62. The molecule has 4 heteroatoms. The predicted octanol–water partition coefficient (Wildman–Crippen LogP) is 4.44. The summed E-state index contributed by atoms with van der Waals surface area (Å²) in [6.07, 6.45) is 0. The van der Waals surface area contributed by atoms with Crippen molar-refractivity contribution in [2.75, 3.05) is 0 Å². The van der Waals surface area contributed by atoms with Gasteiger partial charge >= 0.3 is 5.97 Å². The van der Waals surface area contributed by atoms with E-state index >= 15 is 0 Å². The second-order valence-electron chi connectivity index (χ2n) is 5.67. The van der Waals surface area contributed by atoms with E-state index in [1.807, 2.05) is 60.7 Å². The fourth-order valence-corrected chi connectivity index (χ4v) is 2.47. The molecule has 1 aromatic heterocycles. The molecular weight excluding hydrogens is 312 g/mol. The van der Waals surface area contributed by atoms with Crippen LogP contribution in [-0.2, 0) is 4.79 Å². The molecule has 0 spiro atoms. The van der Waals surface area contributed by atoms with Crippen LogP contribution in [0.5, 0.6) is 0 Å². The van der Waals surface area contributed by atoms with Gasteiger partial charge in [0.05, 0.1) is 17.3 Å². The second kappa shape index (κ2) is 7.53. The molecule has 0 fully saturated rings. The number of pyridine rings is 1. The minimum atomic E-state index is -0.903. The van der Waals surface area contributed by atoms with Crippen LogP contribution in [0, 0.1) is 0 Å². The molecule has 0 aliphatic rings. The summed E-state index contributed by atoms with van der Waals surface area (Å²) < 4.78 is 0. The Bertz CT molecular complexity index is 849. The molecule has 25 heavy (non-hydrogen) atoms. The van der Waals surface area contributed by atoms with Crippen LogP contribution in [-0.4, -0.2) is 21.8 Å². The number of carboxylic acids is 1. The molecule has 0 amide bonds. The van der Waals surface area contributed by atoms with E-state index in [2.05, 4.69) is 4.98 Å². The summed E-state index contributed by atoms with van der Waals surface area (Å²) in [5.74, 6) is -1.08. The van der Waals surface area contributed by atoms with Gasteiger partial charge in [-0.3, -0.25) is 4.79 Å². The Morgan fingerprint density at radius 3 is 1.96 bits per heavy atom. The number of carbonyl (C=O) groups is 1. The van der Waals surface area contributed by atoms with E-state index in [0.717, 1.165) is 16.8 Å². The maximum Gasteiger partial charge on any atom is 0.312 e. The summed E-state index contributed by atoms with van der Waals surface area (Å²) in [6, 6.07) is 25.0. The van der Waals surface area contributed by atoms with Crippen LogP contribution in [0.1, 0.15) is 29.7 Å². The van der Waals surface area contributed by atoms with Crippen LogP contribution >= 0.6 is 0 Å². The Morgan fingerprint density at radius 1 is 0.880 bits per heavy atom. The van der Waals surface area contributed by atoms with E-state index in [0.29, 0.717) is 11.5 Å². The van der Waals surface area contributed by atoms with Gasteiger partial charge in [0, 0.05) is 11.1 Å². The lowest BCUT2D eigenvalue weighted by atomic mass is 10.0. The van der Waals surface area contributed by atoms with Crippen LogP contribution in [0.25, 0.3) is 0 Å². The maximum atomic E-state index is 11.2. The Hall–Kier alpha value is -3.27. The van der Waals surface area contributed by atoms with Gasteiger partial charge in [-0.1, -0.05) is 66.7 Å². The number of aliphatic imine (C=N–C) groups is 1. The molecular formula is C21H18N2O2. The van der Waals surface area contributed by atoms with Gasteiger partial charge in [0.15, 0.2) is 5.82 Å². The molecule has 1 N–H and O–H groups in total. The first-order chi connectivity index (χ1) is 12.1. The third-order valence-corrected chi connectivity index (χ3v) is 3.89. The number of hydrogen-bond donors (Lipinski definition) is 1. The van der Waals surface area contributed by atoms with Crippen molar-refractivity contribution in [1.82, 2.24) is 4.98 Å². The molecule has 124 valence electrons. The van der Waals surface area contributed by atoms with Gasteiger partial charge < -0.3 is 5.11 Å². The van der Waals surface area contributed by atoms with Crippen LogP contribution in [0.3, 0.4) is 0 Å². The molecule has 2 aromatic carbocycles. The fraction of sp³-hybridized carbons (Fsp3) is 0.0952. The standard InChI is InChI=1S/C21H18N2O2/c1-15(21(24)25)18-13-8-14-19(22-18)23-20(16-9-4-2-5-10-16)17-11-6-3-7-12-17/h2-15H,1H3,(H,24,25). The van der Waals surface area contributed by atoms with Gasteiger partial charge in [-0.2, -0.15) is 0 Å². The molecule has 3 rings (SSSR count). The highest BCUT2D eigenvalue weighted by molar-refractivity contribution is 6.13. The van der Waals surface area contributed by atoms with Gasteiger partial charge in [0.25, 0.3) is 0 Å². The summed E-state index contributed by atoms with van der Waals surface area (Å²) >= 11 is 0. The van der Waals surface area contributed by atoms with Crippen molar-refractivity contribution in [3.8, 4) is 0 Å². The minimum absolute atomic E-state index is 0.494. The summed E-state index contributed by atoms with van der Waals surface area (Å²) in [5.41, 5.74) is 3.25. The SMILES string of the molecule is CC(C(=O)O)c1cccc(N=C(c2ccccc2)c2ccccc2)n1. The fourth-order valence-electron chi connectivity index (χ4n) is 2.47. The Kier molecular flexibility index (Phi) is 5.00. The zero-order valence-corrected chi connectivity index (χ0v) is 13.8. The average Bonchev–Trinajstić information content (AvgIpc) is 2.67. The highest BCUT2D eigenvalue weighted by Crippen LogP contribution is 2.20. The van der Waals surface area contributed by atoms with Gasteiger partial charge in [-0.05, 0) is 19.1 Å². The smallest absolute Gasteiger partial charge is 0.312 e. The Morgan fingerprint density at radius 2 is 1.44 bits per heavy atom. The summed E-state index contributed by atoms with van der Waals surface area (Å²) in [7, 11) is 0. The maximum absolute atomic E-state index is 11.2. The van der Waals surface area contributed by atoms with Crippen molar-refractivity contribution in [3.05, 3.63) is 95.7 Å². The van der Waals surface area contributed by atoms with E-state index in [9.17, 15) is 9.90 Å². The molecule has 0 aliphatic heterocycles. The van der Waals surface area contributed by atoms with E-state index in [1.165, 1.54) is 0 Å². The summed E-state index contributed by atoms with van der Waals surface area (Å²) in [4.78, 5) is 20.3. The van der Waals surface area contributed by atoms with Crippen LogP contribution in [0.4, 0.5) is 5.82 Å². The van der Waals surface area contributed by atoms with E-state index in [4.69, 9.17) is 4.99 Å². The highest BCUT2D eigenvalue weighted by Gasteiger charge is 2.15. The number of aromatic nitrogens is 1. The molecule has 1 heterocycles. The minimum Gasteiger partial charge on any atom is -0.481 e. The lowest BCUT2D eigenvalue weighted by Gasteiger charge is -2.09. The molecule has 0 aliphatic carbocycles. The third kappa shape index (κ3) is 3.98. The van der Waals surface area contributed by atoms with Crippen molar-refractivity contribution < 1.29 is 9.90 Å². The van der Waals surface area contributed by atoms with E-state index < -0.39 is 11.9 Å². The van der Waals surface area contributed by atoms with Crippen molar-refractivity contribution in [2.45, 2.75) is 12.8 Å². The normalized spacial score (nSPS) is 11.6. The molecule has 3 aromatic rings. The lowest BCUT2D eigenvalue weighted by Crippen LogP contribution is -2.09. The van der Waals surface area contributed by atoms with Crippen molar-refractivity contribution in [2.24, 2.45) is 4.99 Å². The average molecular weight is 330 g/mol. The number of aliphatic carboxylic acids is 1. The van der Waals surface area contributed by atoms with Gasteiger partial charge in [-0.25, -0.2) is 9.98 Å². The molecule has 0 radical (unpaired) electrons. The van der Waals surface area contributed by atoms with Crippen molar-refractivity contribution >= 4 is 17.5 Å². The van der Waals surface area contributed by atoms with Gasteiger partial charge in [0.2, 0.25) is 0 Å². The van der Waals surface area contributed by atoms with Crippen LogP contribution in [0.2, 0.25) is 0 Å². The van der Waals surface area contributed by atoms with E-state index in [-0.39, 0.29) is 0 Å². The highest BCUT2D eigenvalue weighted by atomic mass is 16.4. The first kappa shape index (κ1) is 16.6. The zero-order chi connectivity index (χ0) is 17.6. The largest absolute Gasteiger partial charge is 0.481 e. The zero-order valence-electron chi connectivity index (χ0n) is 13.8. The molecule has 1 atom stereocenters. The molecule has 0 bridgehead atoms. The first-order valence-electron chi connectivity index (χ1n) is 8.04. The third-order valence-electron chi connectivity index (χ3n) is 3.89. The predicted molar refractivity (Wildman–Crippen MR) is 98.5 cm³/mol. The number of hydrogen-bond acceptors (Lipinski definition) is 3. The second-order valence-corrected chi connectivity index (χ2v) is 5.67. The van der Waals surface area contributed by atoms with E-state index in [1.54, 1.807) is 25.1 Å². The van der Waals surface area contributed by atoms with Gasteiger partial charge in [-0.15, -0.1) is 0 Å². The van der Waals surface area contributed by atoms with Crippen molar-refractivity contribution in [1.29, 1.82) is 0 Å².